The summed E-state index contributed by atoms with van der Waals surface area (Å²) in [5.74, 6) is 2.41. The van der Waals surface area contributed by atoms with Crippen LogP contribution >= 0.6 is 0 Å². The normalized spacial score (nSPS) is 14.7. The van der Waals surface area contributed by atoms with Gasteiger partial charge in [-0.25, -0.2) is 0 Å². The molecule has 1 amide bonds. The number of benzene rings is 2. The van der Waals surface area contributed by atoms with Crippen molar-refractivity contribution in [1.82, 2.24) is 5.32 Å². The number of hydrogen-bond donors (Lipinski definition) is 2. The minimum atomic E-state index is -0.0358. The maximum absolute atomic E-state index is 12.8. The lowest BCUT2D eigenvalue weighted by Crippen LogP contribution is -3.11. The van der Waals surface area contributed by atoms with E-state index in [0.717, 1.165) is 24.4 Å². The zero-order valence-corrected chi connectivity index (χ0v) is 18.8. The molecule has 168 valence electrons. The minimum absolute atomic E-state index is 0.0358. The van der Waals surface area contributed by atoms with Crippen LogP contribution in [0.1, 0.15) is 30.0 Å². The number of nitrogens with one attached hydrogen (secondary N) is 2. The second-order valence-corrected chi connectivity index (χ2v) is 7.71. The smallest absolute Gasteiger partial charge is 0.224 e. The van der Waals surface area contributed by atoms with Gasteiger partial charge in [0.2, 0.25) is 11.7 Å². The summed E-state index contributed by atoms with van der Waals surface area (Å²) >= 11 is 0. The second kappa shape index (κ2) is 10.9. The highest BCUT2D eigenvalue weighted by Gasteiger charge is 2.28. The predicted octanol–water partition coefficient (Wildman–Crippen LogP) is 1.80. The summed E-state index contributed by atoms with van der Waals surface area (Å²) in [7, 11) is 6.37. The zero-order valence-electron chi connectivity index (χ0n) is 18.8. The van der Waals surface area contributed by atoms with Crippen LogP contribution in [0, 0.1) is 0 Å². The van der Waals surface area contributed by atoms with Crippen molar-refractivity contribution in [3.63, 3.8) is 0 Å². The number of amides is 1. The fourth-order valence-corrected chi connectivity index (χ4v) is 4.21. The van der Waals surface area contributed by atoms with Crippen LogP contribution in [-0.2, 0) is 11.2 Å². The van der Waals surface area contributed by atoms with Gasteiger partial charge in [0.05, 0.1) is 54.5 Å². The molecule has 3 rings (SSSR count). The van der Waals surface area contributed by atoms with E-state index < -0.39 is 0 Å². The first-order chi connectivity index (χ1) is 15.1. The number of carbonyl (C=O) groups excluding carboxylic acids is 1. The van der Waals surface area contributed by atoms with Crippen molar-refractivity contribution in [1.29, 1.82) is 0 Å². The lowest BCUT2D eigenvalue weighted by atomic mass is 10.0. The van der Waals surface area contributed by atoms with Crippen molar-refractivity contribution in [2.45, 2.75) is 25.3 Å². The predicted molar refractivity (Wildman–Crippen MR) is 118 cm³/mol. The Labute approximate surface area is 184 Å². The summed E-state index contributed by atoms with van der Waals surface area (Å²) in [6, 6.07) is 12.0. The molecule has 0 aromatic heterocycles. The van der Waals surface area contributed by atoms with Gasteiger partial charge in [0, 0.05) is 18.4 Å². The summed E-state index contributed by atoms with van der Waals surface area (Å²) in [4.78, 5) is 14.3. The highest BCUT2D eigenvalue weighted by molar-refractivity contribution is 5.79. The molecule has 1 atom stereocenters. The van der Waals surface area contributed by atoms with E-state index in [4.69, 9.17) is 18.9 Å². The van der Waals surface area contributed by atoms with E-state index in [2.05, 4.69) is 17.4 Å². The van der Waals surface area contributed by atoms with E-state index in [1.807, 2.05) is 24.3 Å². The molecule has 0 saturated carbocycles. The Bertz CT molecular complexity index is 838. The molecule has 0 radical (unpaired) electrons. The summed E-state index contributed by atoms with van der Waals surface area (Å²) in [6.45, 7) is 2.84. The number of quaternary nitrogens is 1. The van der Waals surface area contributed by atoms with Crippen LogP contribution < -0.4 is 29.2 Å². The number of likely N-dealkylation sites (tertiary alicyclic amines) is 1. The average Bonchev–Trinajstić information content (AvgIpc) is 3.33. The van der Waals surface area contributed by atoms with Crippen molar-refractivity contribution in [2.24, 2.45) is 0 Å². The van der Waals surface area contributed by atoms with Gasteiger partial charge in [0.25, 0.3) is 0 Å². The third-order valence-electron chi connectivity index (χ3n) is 5.85. The van der Waals surface area contributed by atoms with Crippen molar-refractivity contribution >= 4 is 5.91 Å². The number of hydrogen-bond acceptors (Lipinski definition) is 5. The molecule has 1 fully saturated rings. The van der Waals surface area contributed by atoms with Crippen LogP contribution in [-0.4, -0.2) is 54.0 Å². The fourth-order valence-electron chi connectivity index (χ4n) is 4.21. The topological polar surface area (TPSA) is 70.5 Å². The van der Waals surface area contributed by atoms with Crippen molar-refractivity contribution in [2.75, 3.05) is 48.1 Å². The molecule has 1 aliphatic rings. The molecule has 2 N–H and O–H groups in total. The lowest BCUT2D eigenvalue weighted by Gasteiger charge is -2.25. The Kier molecular flexibility index (Phi) is 8.00. The minimum Gasteiger partial charge on any atom is -0.497 e. The number of ether oxygens (including phenoxy) is 4. The van der Waals surface area contributed by atoms with Crippen LogP contribution in [0.15, 0.2) is 36.4 Å². The molecule has 7 nitrogen and oxygen atoms in total. The standard InChI is InChI=1S/C24H32N2O5/c1-28-19-9-7-18(8-10-19)20(26-11-5-6-12-26)16-25-23(27)15-17-13-21(29-2)24(31-4)22(14-17)30-3/h7-10,13-14,20H,5-6,11-12,15-16H2,1-4H3,(H,25,27)/p+1/t20-/m0/s1. The third-order valence-corrected chi connectivity index (χ3v) is 5.85. The quantitative estimate of drug-likeness (QED) is 0.603. The summed E-state index contributed by atoms with van der Waals surface area (Å²) in [5.41, 5.74) is 2.02. The third kappa shape index (κ3) is 5.61. The molecule has 1 heterocycles. The van der Waals surface area contributed by atoms with Gasteiger partial charge in [-0.15, -0.1) is 0 Å². The molecule has 0 unspecified atom stereocenters. The van der Waals surface area contributed by atoms with Crippen LogP contribution in [0.25, 0.3) is 0 Å². The van der Waals surface area contributed by atoms with Crippen molar-refractivity contribution in [3.05, 3.63) is 47.5 Å². The van der Waals surface area contributed by atoms with Crippen LogP contribution in [0.5, 0.6) is 23.0 Å². The molecule has 1 aliphatic heterocycles. The van der Waals surface area contributed by atoms with Gasteiger partial charge >= 0.3 is 0 Å². The van der Waals surface area contributed by atoms with Crippen LogP contribution in [0.2, 0.25) is 0 Å². The Balaban J connectivity index is 1.69. The molecule has 1 saturated heterocycles. The maximum atomic E-state index is 12.8. The van der Waals surface area contributed by atoms with E-state index in [0.29, 0.717) is 23.8 Å². The molecule has 2 aromatic rings. The van der Waals surface area contributed by atoms with Gasteiger partial charge in [0.15, 0.2) is 11.5 Å². The maximum Gasteiger partial charge on any atom is 0.224 e. The molecule has 0 bridgehead atoms. The van der Waals surface area contributed by atoms with E-state index >= 15 is 0 Å². The Morgan fingerprint density at radius 3 is 2.06 bits per heavy atom. The van der Waals surface area contributed by atoms with Crippen LogP contribution in [0.4, 0.5) is 0 Å². The second-order valence-electron chi connectivity index (χ2n) is 7.71. The Morgan fingerprint density at radius 1 is 0.935 bits per heavy atom. The van der Waals surface area contributed by atoms with Gasteiger partial charge < -0.3 is 29.2 Å². The van der Waals surface area contributed by atoms with Gasteiger partial charge in [-0.3, -0.25) is 4.79 Å². The van der Waals surface area contributed by atoms with Crippen LogP contribution in [0.3, 0.4) is 0 Å². The number of methoxy groups -OCH3 is 4. The molecule has 7 heteroatoms. The highest BCUT2D eigenvalue weighted by Crippen LogP contribution is 2.38. The molecule has 0 spiro atoms. The Hall–Kier alpha value is -2.93. The molecule has 0 aliphatic carbocycles. The first-order valence-electron chi connectivity index (χ1n) is 10.6. The molecule has 31 heavy (non-hydrogen) atoms. The van der Waals surface area contributed by atoms with Gasteiger partial charge in [-0.1, -0.05) is 0 Å². The average molecular weight is 430 g/mol. The number of carbonyl (C=O) groups is 1. The van der Waals surface area contributed by atoms with E-state index in [1.54, 1.807) is 28.4 Å². The lowest BCUT2D eigenvalue weighted by molar-refractivity contribution is -0.918. The van der Waals surface area contributed by atoms with Gasteiger partial charge in [-0.05, 0) is 42.0 Å². The van der Waals surface area contributed by atoms with E-state index in [-0.39, 0.29) is 18.4 Å². The fraction of sp³-hybridized carbons (Fsp3) is 0.458. The highest BCUT2D eigenvalue weighted by atomic mass is 16.5. The van der Waals surface area contributed by atoms with E-state index in [9.17, 15) is 4.79 Å². The zero-order chi connectivity index (χ0) is 22.2. The monoisotopic (exact) mass is 429 g/mol. The number of rotatable bonds is 10. The van der Waals surface area contributed by atoms with Crippen molar-refractivity contribution < 1.29 is 28.6 Å². The summed E-state index contributed by atoms with van der Waals surface area (Å²) in [5, 5.41) is 3.13. The van der Waals surface area contributed by atoms with Gasteiger partial charge in [-0.2, -0.15) is 0 Å². The Morgan fingerprint density at radius 2 is 1.55 bits per heavy atom. The van der Waals surface area contributed by atoms with E-state index in [1.165, 1.54) is 23.3 Å². The SMILES string of the molecule is COc1ccc([C@H](CNC(=O)Cc2cc(OC)c(OC)c(OC)c2)[NH+]2CCCC2)cc1. The summed E-state index contributed by atoms with van der Waals surface area (Å²) < 4.78 is 21.4. The molecular weight excluding hydrogens is 396 g/mol. The molecule has 2 aromatic carbocycles. The molecular formula is C24H33N2O5+. The first-order valence-corrected chi connectivity index (χ1v) is 10.6. The van der Waals surface area contributed by atoms with Crippen molar-refractivity contribution in [3.8, 4) is 23.0 Å². The summed E-state index contributed by atoms with van der Waals surface area (Å²) in [6.07, 6.45) is 2.68. The van der Waals surface area contributed by atoms with Gasteiger partial charge in [0.1, 0.15) is 11.8 Å². The first kappa shape index (κ1) is 22.7. The largest absolute Gasteiger partial charge is 0.497 e.